The van der Waals surface area contributed by atoms with Crippen molar-refractivity contribution in [2.24, 2.45) is 11.8 Å². The van der Waals surface area contributed by atoms with E-state index in [2.05, 4.69) is 35.2 Å². The third kappa shape index (κ3) is 4.16. The summed E-state index contributed by atoms with van der Waals surface area (Å²) in [6.45, 7) is 1.07. The van der Waals surface area contributed by atoms with Gasteiger partial charge in [-0.05, 0) is 43.6 Å². The van der Waals surface area contributed by atoms with E-state index in [1.807, 2.05) is 0 Å². The number of fused-ring (bicyclic) bond motifs is 2. The lowest BCUT2D eigenvalue weighted by Gasteiger charge is -2.38. The fourth-order valence-corrected chi connectivity index (χ4v) is 5.62. The van der Waals surface area contributed by atoms with Gasteiger partial charge < -0.3 is 0 Å². The maximum atomic E-state index is 12.8. The summed E-state index contributed by atoms with van der Waals surface area (Å²) in [4.78, 5) is 15.5. The standard InChI is InChI=1S/C23H33NO/c25-23(14-11-18-7-3-1-4-8-18)20-15-21-12-13-22(16-20)24(21)17-19-9-5-2-6-10-19/h2,5-6,9-10,18,20-22H,1,3-4,7-8,11-17H2. The average molecular weight is 340 g/mol. The average Bonchev–Trinajstić information content (AvgIpc) is 2.89. The molecule has 1 aromatic carbocycles. The number of hydrogen-bond acceptors (Lipinski definition) is 2. The second-order valence-electron chi connectivity index (χ2n) is 8.72. The third-order valence-electron chi connectivity index (χ3n) is 7.07. The lowest BCUT2D eigenvalue weighted by Crippen LogP contribution is -2.44. The maximum absolute atomic E-state index is 12.8. The molecular weight excluding hydrogens is 306 g/mol. The molecule has 2 heteroatoms. The molecule has 0 aromatic heterocycles. The molecule has 0 spiro atoms. The van der Waals surface area contributed by atoms with Crippen LogP contribution in [-0.2, 0) is 11.3 Å². The van der Waals surface area contributed by atoms with Gasteiger partial charge in [0.15, 0.2) is 0 Å². The van der Waals surface area contributed by atoms with Gasteiger partial charge in [-0.15, -0.1) is 0 Å². The molecule has 2 aliphatic heterocycles. The molecule has 0 radical (unpaired) electrons. The van der Waals surface area contributed by atoms with Crippen molar-refractivity contribution in [2.75, 3.05) is 0 Å². The minimum absolute atomic E-state index is 0.355. The molecule has 0 N–H and O–H groups in total. The van der Waals surface area contributed by atoms with Crippen LogP contribution in [0.15, 0.2) is 30.3 Å². The lowest BCUT2D eigenvalue weighted by atomic mass is 9.81. The second kappa shape index (κ2) is 8.03. The molecule has 2 nitrogen and oxygen atoms in total. The van der Waals surface area contributed by atoms with Gasteiger partial charge in [-0.3, -0.25) is 9.69 Å². The van der Waals surface area contributed by atoms with Crippen molar-refractivity contribution in [1.82, 2.24) is 4.90 Å². The van der Waals surface area contributed by atoms with Gasteiger partial charge in [-0.2, -0.15) is 0 Å². The van der Waals surface area contributed by atoms with Crippen LogP contribution in [0.3, 0.4) is 0 Å². The van der Waals surface area contributed by atoms with Crippen molar-refractivity contribution >= 4 is 5.78 Å². The van der Waals surface area contributed by atoms with Crippen LogP contribution in [0, 0.1) is 11.8 Å². The Morgan fingerprint density at radius 1 is 0.920 bits per heavy atom. The molecule has 2 saturated heterocycles. The number of benzene rings is 1. The normalized spacial score (nSPS) is 30.5. The summed E-state index contributed by atoms with van der Waals surface area (Å²) in [7, 11) is 0. The zero-order chi connectivity index (χ0) is 17.1. The molecular formula is C23H33NO. The molecule has 2 bridgehead atoms. The van der Waals surface area contributed by atoms with E-state index in [9.17, 15) is 4.79 Å². The van der Waals surface area contributed by atoms with Crippen molar-refractivity contribution < 1.29 is 4.79 Å². The van der Waals surface area contributed by atoms with Crippen molar-refractivity contribution in [1.29, 1.82) is 0 Å². The van der Waals surface area contributed by atoms with E-state index in [-0.39, 0.29) is 0 Å². The highest BCUT2D eigenvalue weighted by Gasteiger charge is 2.42. The molecule has 1 aromatic rings. The maximum Gasteiger partial charge on any atom is 0.136 e. The highest BCUT2D eigenvalue weighted by atomic mass is 16.1. The Kier molecular flexibility index (Phi) is 5.55. The minimum Gasteiger partial charge on any atom is -0.299 e. The van der Waals surface area contributed by atoms with Gasteiger partial charge >= 0.3 is 0 Å². The first-order valence-electron chi connectivity index (χ1n) is 10.6. The number of piperidine rings is 1. The number of Topliss-reactive ketones (excluding diaryl/α,β-unsaturated/α-hetero) is 1. The number of hydrogen-bond donors (Lipinski definition) is 0. The van der Waals surface area contributed by atoms with Crippen LogP contribution in [0.25, 0.3) is 0 Å². The Bertz CT molecular complexity index is 549. The predicted octanol–water partition coefficient (Wildman–Crippen LogP) is 5.36. The first-order valence-corrected chi connectivity index (χ1v) is 10.6. The summed E-state index contributed by atoms with van der Waals surface area (Å²) in [6, 6.07) is 12.1. The monoisotopic (exact) mass is 339 g/mol. The SMILES string of the molecule is O=C(CCC1CCCCC1)C1CC2CCC(C1)N2Cc1ccccc1. The Morgan fingerprint density at radius 3 is 2.28 bits per heavy atom. The van der Waals surface area contributed by atoms with E-state index >= 15 is 0 Å². The van der Waals surface area contributed by atoms with E-state index in [0.29, 0.717) is 23.8 Å². The van der Waals surface area contributed by atoms with Gasteiger partial charge in [0.25, 0.3) is 0 Å². The van der Waals surface area contributed by atoms with Gasteiger partial charge in [-0.25, -0.2) is 0 Å². The van der Waals surface area contributed by atoms with Crippen LogP contribution in [-0.4, -0.2) is 22.8 Å². The highest BCUT2D eigenvalue weighted by Crippen LogP contribution is 2.40. The summed E-state index contributed by atoms with van der Waals surface area (Å²) in [5.41, 5.74) is 1.42. The van der Waals surface area contributed by atoms with Crippen LogP contribution in [0.5, 0.6) is 0 Å². The Hall–Kier alpha value is -1.15. The van der Waals surface area contributed by atoms with Gasteiger partial charge in [0.1, 0.15) is 5.78 Å². The number of carbonyl (C=O) groups excluding carboxylic acids is 1. The summed E-state index contributed by atoms with van der Waals surface area (Å²) in [5.74, 6) is 1.78. The van der Waals surface area contributed by atoms with E-state index in [0.717, 1.165) is 31.7 Å². The van der Waals surface area contributed by atoms with Gasteiger partial charge in [0, 0.05) is 31.0 Å². The van der Waals surface area contributed by atoms with E-state index < -0.39 is 0 Å². The lowest BCUT2D eigenvalue weighted by molar-refractivity contribution is -0.125. The van der Waals surface area contributed by atoms with Gasteiger partial charge in [-0.1, -0.05) is 62.4 Å². The zero-order valence-electron chi connectivity index (χ0n) is 15.5. The molecule has 1 aliphatic carbocycles. The molecule has 25 heavy (non-hydrogen) atoms. The Balaban J connectivity index is 1.29. The quantitative estimate of drug-likeness (QED) is 0.695. The minimum atomic E-state index is 0.355. The molecule has 4 rings (SSSR count). The molecule has 136 valence electrons. The first-order chi connectivity index (χ1) is 12.3. The third-order valence-corrected chi connectivity index (χ3v) is 7.07. The molecule has 1 saturated carbocycles. The van der Waals surface area contributed by atoms with Crippen molar-refractivity contribution in [2.45, 2.75) is 89.3 Å². The molecule has 3 fully saturated rings. The van der Waals surface area contributed by atoms with E-state index in [4.69, 9.17) is 0 Å². The largest absolute Gasteiger partial charge is 0.299 e. The summed E-state index contributed by atoms with van der Waals surface area (Å²) in [6.07, 6.45) is 13.8. The van der Waals surface area contributed by atoms with Crippen molar-refractivity contribution in [3.63, 3.8) is 0 Å². The van der Waals surface area contributed by atoms with Crippen LogP contribution in [0.2, 0.25) is 0 Å². The zero-order valence-corrected chi connectivity index (χ0v) is 15.5. The van der Waals surface area contributed by atoms with E-state index in [1.54, 1.807) is 0 Å². The van der Waals surface area contributed by atoms with Crippen molar-refractivity contribution in [3.05, 3.63) is 35.9 Å². The van der Waals surface area contributed by atoms with Crippen LogP contribution in [0.1, 0.15) is 76.2 Å². The van der Waals surface area contributed by atoms with E-state index in [1.165, 1.54) is 56.9 Å². The second-order valence-corrected chi connectivity index (χ2v) is 8.72. The number of ketones is 1. The number of rotatable bonds is 6. The van der Waals surface area contributed by atoms with Gasteiger partial charge in [0.2, 0.25) is 0 Å². The molecule has 2 heterocycles. The topological polar surface area (TPSA) is 20.3 Å². The molecule has 0 amide bonds. The first kappa shape index (κ1) is 17.3. The van der Waals surface area contributed by atoms with Crippen LogP contribution in [0.4, 0.5) is 0 Å². The van der Waals surface area contributed by atoms with Crippen LogP contribution < -0.4 is 0 Å². The van der Waals surface area contributed by atoms with Gasteiger partial charge in [0.05, 0.1) is 0 Å². The van der Waals surface area contributed by atoms with Crippen molar-refractivity contribution in [3.8, 4) is 0 Å². The Labute approximate surface area is 153 Å². The number of nitrogens with zero attached hydrogens (tertiary/aromatic N) is 1. The highest BCUT2D eigenvalue weighted by molar-refractivity contribution is 5.81. The summed E-state index contributed by atoms with van der Waals surface area (Å²) < 4.78 is 0. The number of carbonyl (C=O) groups is 1. The molecule has 3 aliphatic rings. The predicted molar refractivity (Wildman–Crippen MR) is 102 cm³/mol. The fourth-order valence-electron chi connectivity index (χ4n) is 5.62. The fraction of sp³-hybridized carbons (Fsp3) is 0.696. The molecule has 2 unspecified atom stereocenters. The van der Waals surface area contributed by atoms with Crippen LogP contribution >= 0.6 is 0 Å². The summed E-state index contributed by atoms with van der Waals surface area (Å²) >= 11 is 0. The summed E-state index contributed by atoms with van der Waals surface area (Å²) in [5, 5.41) is 0. The molecule has 2 atom stereocenters. The smallest absolute Gasteiger partial charge is 0.136 e. The Morgan fingerprint density at radius 2 is 1.60 bits per heavy atom.